The van der Waals surface area contributed by atoms with Gasteiger partial charge >= 0.3 is 0 Å². The Morgan fingerprint density at radius 2 is 2.31 bits per heavy atom. The average molecular weight is 233 g/mol. The molecule has 4 nitrogen and oxygen atoms in total. The lowest BCUT2D eigenvalue weighted by atomic mass is 9.97. The van der Waals surface area contributed by atoms with Crippen molar-refractivity contribution in [1.82, 2.24) is 5.54 Å². The van der Waals surface area contributed by atoms with E-state index < -0.39 is 5.79 Å². The molecule has 1 unspecified atom stereocenters. The van der Waals surface area contributed by atoms with Crippen LogP contribution >= 0.6 is 0 Å². The van der Waals surface area contributed by atoms with E-state index in [4.69, 9.17) is 14.6 Å². The Morgan fingerprint density at radius 3 is 2.81 bits per heavy atom. The molecule has 16 heavy (non-hydrogen) atoms. The van der Waals surface area contributed by atoms with Gasteiger partial charge in [-0.15, -0.1) is 4.48 Å². The molecule has 0 bridgehead atoms. The lowest BCUT2D eigenvalue weighted by molar-refractivity contribution is -0.205. The highest BCUT2D eigenvalue weighted by Crippen LogP contribution is 2.30. The van der Waals surface area contributed by atoms with Crippen LogP contribution in [0.1, 0.15) is 20.3 Å². The predicted molar refractivity (Wildman–Crippen MR) is 58.0 cm³/mol. The van der Waals surface area contributed by atoms with Crippen molar-refractivity contribution in [3.63, 3.8) is 0 Å². The topological polar surface area (TPSA) is 50.7 Å². The van der Waals surface area contributed by atoms with Gasteiger partial charge in [-0.05, 0) is 26.2 Å². The Labute approximate surface area is 95.4 Å². The standard InChI is InChI=1S/C11H20FNO3/c1-11(2,15-3)16-7-9-5-10(13-12)4-8(9)6-14/h4,8-9,13-14H,5-7H2,1-3H3/t8-,9?/m1/s1. The largest absolute Gasteiger partial charge is 0.396 e. The Hall–Kier alpha value is -0.650. The molecule has 0 radical (unpaired) electrons. The third-order valence-electron chi connectivity index (χ3n) is 2.97. The van der Waals surface area contributed by atoms with Gasteiger partial charge in [0.25, 0.3) is 0 Å². The van der Waals surface area contributed by atoms with Crippen LogP contribution in [0.2, 0.25) is 0 Å². The van der Waals surface area contributed by atoms with Gasteiger partial charge in [0.05, 0.1) is 6.61 Å². The molecule has 0 aromatic rings. The van der Waals surface area contributed by atoms with Crippen molar-refractivity contribution < 1.29 is 19.1 Å². The molecule has 0 fully saturated rings. The van der Waals surface area contributed by atoms with Gasteiger partial charge < -0.3 is 14.6 Å². The van der Waals surface area contributed by atoms with E-state index in [0.29, 0.717) is 18.7 Å². The third-order valence-corrected chi connectivity index (χ3v) is 2.97. The second-order valence-corrected chi connectivity index (χ2v) is 4.51. The van der Waals surface area contributed by atoms with E-state index in [-0.39, 0.29) is 18.4 Å². The second-order valence-electron chi connectivity index (χ2n) is 4.51. The average Bonchev–Trinajstić information content (AvgIpc) is 2.69. The molecule has 1 aliphatic carbocycles. The number of aliphatic hydroxyl groups excluding tert-OH is 1. The van der Waals surface area contributed by atoms with Gasteiger partial charge in [0.15, 0.2) is 5.79 Å². The van der Waals surface area contributed by atoms with Crippen LogP contribution in [0.15, 0.2) is 11.8 Å². The molecule has 1 rings (SSSR count). The van der Waals surface area contributed by atoms with Crippen molar-refractivity contribution in [3.05, 3.63) is 11.8 Å². The summed E-state index contributed by atoms with van der Waals surface area (Å²) < 4.78 is 23.0. The normalized spacial score (nSPS) is 25.7. The molecule has 94 valence electrons. The van der Waals surface area contributed by atoms with Crippen LogP contribution in [-0.4, -0.2) is 31.2 Å². The highest BCUT2D eigenvalue weighted by molar-refractivity contribution is 5.11. The lowest BCUT2D eigenvalue weighted by Gasteiger charge is -2.27. The number of halogens is 1. The van der Waals surface area contributed by atoms with Gasteiger partial charge in [0, 0.05) is 25.3 Å². The molecule has 0 aliphatic heterocycles. The summed E-state index contributed by atoms with van der Waals surface area (Å²) in [6.07, 6.45) is 2.27. The molecule has 2 N–H and O–H groups in total. The van der Waals surface area contributed by atoms with E-state index in [0.717, 1.165) is 0 Å². The van der Waals surface area contributed by atoms with Gasteiger partial charge in [-0.25, -0.2) is 5.54 Å². The van der Waals surface area contributed by atoms with Crippen molar-refractivity contribution in [1.29, 1.82) is 0 Å². The number of hydrogen-bond donors (Lipinski definition) is 2. The number of ether oxygens (including phenoxy) is 2. The van der Waals surface area contributed by atoms with Crippen molar-refractivity contribution >= 4 is 0 Å². The summed E-state index contributed by atoms with van der Waals surface area (Å²) in [7, 11) is 1.57. The number of aliphatic hydroxyl groups is 1. The van der Waals surface area contributed by atoms with Crippen LogP contribution in [0.25, 0.3) is 0 Å². The van der Waals surface area contributed by atoms with E-state index in [1.807, 2.05) is 13.8 Å². The minimum absolute atomic E-state index is 0.00656. The van der Waals surface area contributed by atoms with E-state index >= 15 is 0 Å². The molecule has 0 aromatic heterocycles. The Kier molecular flexibility index (Phi) is 4.70. The fourth-order valence-electron chi connectivity index (χ4n) is 1.72. The van der Waals surface area contributed by atoms with Crippen LogP contribution in [-0.2, 0) is 9.47 Å². The fraction of sp³-hybridized carbons (Fsp3) is 0.818. The molecular weight excluding hydrogens is 213 g/mol. The van der Waals surface area contributed by atoms with Crippen molar-refractivity contribution in [2.24, 2.45) is 11.8 Å². The summed E-state index contributed by atoms with van der Waals surface area (Å²) in [5, 5.41) is 9.15. The van der Waals surface area contributed by atoms with Crippen molar-refractivity contribution in [3.8, 4) is 0 Å². The number of rotatable bonds is 6. The molecule has 0 spiro atoms. The lowest BCUT2D eigenvalue weighted by Crippen LogP contribution is -2.31. The maximum Gasteiger partial charge on any atom is 0.162 e. The zero-order chi connectivity index (χ0) is 12.2. The van der Waals surface area contributed by atoms with E-state index in [2.05, 4.69) is 0 Å². The van der Waals surface area contributed by atoms with Gasteiger partial charge in [-0.3, -0.25) is 0 Å². The Morgan fingerprint density at radius 1 is 1.62 bits per heavy atom. The van der Waals surface area contributed by atoms with Crippen molar-refractivity contribution in [2.75, 3.05) is 20.3 Å². The zero-order valence-electron chi connectivity index (χ0n) is 10.00. The first-order valence-electron chi connectivity index (χ1n) is 5.39. The van der Waals surface area contributed by atoms with Crippen molar-refractivity contribution in [2.45, 2.75) is 26.1 Å². The first-order valence-corrected chi connectivity index (χ1v) is 5.39. The summed E-state index contributed by atoms with van der Waals surface area (Å²) in [6, 6.07) is 0. The minimum atomic E-state index is -0.647. The molecule has 5 heteroatoms. The summed E-state index contributed by atoms with van der Waals surface area (Å²) in [5.74, 6) is -0.602. The van der Waals surface area contributed by atoms with Crippen LogP contribution in [0.3, 0.4) is 0 Å². The smallest absolute Gasteiger partial charge is 0.162 e. The molecule has 1 aliphatic rings. The highest BCUT2D eigenvalue weighted by atomic mass is 19.2. The third kappa shape index (κ3) is 3.43. The Balaban J connectivity index is 2.44. The SMILES string of the molecule is COC(C)(C)OCC1CC(NF)=C[C@@H]1CO. The fourth-order valence-corrected chi connectivity index (χ4v) is 1.72. The van der Waals surface area contributed by atoms with Crippen LogP contribution < -0.4 is 5.54 Å². The minimum Gasteiger partial charge on any atom is -0.396 e. The molecule has 0 aromatic carbocycles. The molecule has 0 saturated heterocycles. The quantitative estimate of drug-likeness (QED) is 0.537. The van der Waals surface area contributed by atoms with Gasteiger partial charge in [-0.2, -0.15) is 0 Å². The van der Waals surface area contributed by atoms with Gasteiger partial charge in [-0.1, -0.05) is 6.08 Å². The van der Waals surface area contributed by atoms with Gasteiger partial charge in [0.1, 0.15) is 0 Å². The van der Waals surface area contributed by atoms with E-state index in [9.17, 15) is 4.48 Å². The van der Waals surface area contributed by atoms with Gasteiger partial charge in [0.2, 0.25) is 0 Å². The van der Waals surface area contributed by atoms with Crippen LogP contribution in [0.4, 0.5) is 4.48 Å². The molecule has 0 saturated carbocycles. The summed E-state index contributed by atoms with van der Waals surface area (Å²) in [4.78, 5) is 0. The molecule has 2 atom stereocenters. The number of hydrogen-bond acceptors (Lipinski definition) is 4. The van der Waals surface area contributed by atoms with E-state index in [1.54, 1.807) is 18.7 Å². The number of methoxy groups -OCH3 is 1. The monoisotopic (exact) mass is 233 g/mol. The first-order chi connectivity index (χ1) is 7.52. The van der Waals surface area contributed by atoms with E-state index in [1.165, 1.54) is 0 Å². The summed E-state index contributed by atoms with van der Waals surface area (Å²) in [5.41, 5.74) is 2.15. The second kappa shape index (κ2) is 5.61. The summed E-state index contributed by atoms with van der Waals surface area (Å²) in [6.45, 7) is 4.08. The van der Waals surface area contributed by atoms with Crippen LogP contribution in [0, 0.1) is 11.8 Å². The molecule has 0 heterocycles. The number of nitrogens with one attached hydrogen (secondary N) is 1. The zero-order valence-corrected chi connectivity index (χ0v) is 10.00. The predicted octanol–water partition coefficient (Wildman–Crippen LogP) is 1.37. The first kappa shape index (κ1) is 13.4. The molecular formula is C11H20FNO3. The maximum absolute atomic E-state index is 12.3. The maximum atomic E-state index is 12.3. The van der Waals surface area contributed by atoms with Crippen LogP contribution in [0.5, 0.6) is 0 Å². The summed E-state index contributed by atoms with van der Waals surface area (Å²) >= 11 is 0. The Bertz CT molecular complexity index is 256. The number of allylic oxidation sites excluding steroid dienone is 1. The molecule has 0 amide bonds. The highest BCUT2D eigenvalue weighted by Gasteiger charge is 2.29.